The lowest BCUT2D eigenvalue weighted by Gasteiger charge is -2.17. The molecule has 0 radical (unpaired) electrons. The number of amides is 1. The predicted molar refractivity (Wildman–Crippen MR) is 141 cm³/mol. The molecule has 0 saturated heterocycles. The second kappa shape index (κ2) is 10.2. The third-order valence-corrected chi connectivity index (χ3v) is 8.31. The highest BCUT2D eigenvalue weighted by Gasteiger charge is 2.25. The van der Waals surface area contributed by atoms with E-state index in [0.717, 1.165) is 36.1 Å². The summed E-state index contributed by atoms with van der Waals surface area (Å²) in [7, 11) is 0. The van der Waals surface area contributed by atoms with Gasteiger partial charge in [0.05, 0.1) is 11.3 Å². The van der Waals surface area contributed by atoms with Crippen molar-refractivity contribution in [2.75, 3.05) is 11.1 Å². The van der Waals surface area contributed by atoms with Gasteiger partial charge in [0.1, 0.15) is 11.1 Å². The zero-order valence-electron chi connectivity index (χ0n) is 19.0. The molecule has 2 aromatic carbocycles. The van der Waals surface area contributed by atoms with Crippen LogP contribution in [0.3, 0.4) is 0 Å². The Morgan fingerprint density at radius 1 is 1.23 bits per heavy atom. The van der Waals surface area contributed by atoms with Crippen molar-refractivity contribution < 1.29 is 4.79 Å². The monoisotopic (exact) mass is 519 g/mol. The number of carbonyl (C=O) groups excluding carboxylic acids is 1. The Morgan fingerprint density at radius 3 is 2.74 bits per heavy atom. The molecule has 0 aliphatic heterocycles. The largest absolute Gasteiger partial charge is 0.316 e. The molecule has 9 heteroatoms. The number of carbonyl (C=O) groups is 1. The molecule has 0 saturated carbocycles. The summed E-state index contributed by atoms with van der Waals surface area (Å²) in [5, 5.41) is 23.4. The van der Waals surface area contributed by atoms with Crippen molar-refractivity contribution in [2.24, 2.45) is 5.92 Å². The highest BCUT2D eigenvalue weighted by molar-refractivity contribution is 7.99. The van der Waals surface area contributed by atoms with E-state index in [0.29, 0.717) is 32.5 Å². The van der Waals surface area contributed by atoms with Crippen LogP contribution in [0.5, 0.6) is 0 Å². The van der Waals surface area contributed by atoms with E-state index in [2.05, 4.69) is 28.5 Å². The summed E-state index contributed by atoms with van der Waals surface area (Å²) < 4.78 is 1.94. The number of hydrogen-bond acceptors (Lipinski definition) is 6. The van der Waals surface area contributed by atoms with Crippen LogP contribution in [-0.4, -0.2) is 26.4 Å². The van der Waals surface area contributed by atoms with Gasteiger partial charge in [0.2, 0.25) is 5.91 Å². The van der Waals surface area contributed by atoms with Crippen LogP contribution in [0.15, 0.2) is 59.8 Å². The van der Waals surface area contributed by atoms with Crippen molar-refractivity contribution in [3.63, 3.8) is 0 Å². The minimum atomic E-state index is -0.172. The van der Waals surface area contributed by atoms with E-state index in [1.165, 1.54) is 28.0 Å². The third kappa shape index (κ3) is 4.98. The van der Waals surface area contributed by atoms with Gasteiger partial charge >= 0.3 is 0 Å². The van der Waals surface area contributed by atoms with Crippen LogP contribution < -0.4 is 5.32 Å². The average molecular weight is 520 g/mol. The molecule has 1 N–H and O–H groups in total. The van der Waals surface area contributed by atoms with Gasteiger partial charge in [-0.1, -0.05) is 48.5 Å². The van der Waals surface area contributed by atoms with Crippen molar-refractivity contribution in [1.29, 1.82) is 5.26 Å². The number of para-hydroxylation sites is 1. The Morgan fingerprint density at radius 2 is 2.00 bits per heavy atom. The number of hydrogen-bond donors (Lipinski definition) is 1. The van der Waals surface area contributed by atoms with Gasteiger partial charge in [-0.15, -0.1) is 21.5 Å². The fourth-order valence-electron chi connectivity index (χ4n) is 4.21. The molecule has 5 rings (SSSR count). The standard InChI is InChI=1S/C26H22ClN5OS2/c1-16-7-12-20-21(14-28)25(35-22(20)13-16)29-23(33)15-34-26-31-30-24(17-8-10-18(27)11-9-17)32(26)19-5-3-2-4-6-19/h2-6,8-11,16H,7,12-13,15H2,1H3,(H,29,33)/t16-/m0/s1. The number of nitriles is 1. The first-order valence-electron chi connectivity index (χ1n) is 11.3. The van der Waals surface area contributed by atoms with Crippen LogP contribution in [-0.2, 0) is 17.6 Å². The number of thiophene rings is 1. The highest BCUT2D eigenvalue weighted by Crippen LogP contribution is 2.39. The molecule has 0 fully saturated rings. The van der Waals surface area contributed by atoms with Crippen molar-refractivity contribution in [2.45, 2.75) is 31.3 Å². The second-order valence-corrected chi connectivity index (χ2v) is 11.0. The van der Waals surface area contributed by atoms with Gasteiger partial charge in [0.25, 0.3) is 0 Å². The van der Waals surface area contributed by atoms with E-state index in [-0.39, 0.29) is 11.7 Å². The summed E-state index contributed by atoms with van der Waals surface area (Å²) in [5.41, 5.74) is 3.50. The van der Waals surface area contributed by atoms with Gasteiger partial charge in [-0.2, -0.15) is 5.26 Å². The molecule has 2 heterocycles. The zero-order valence-corrected chi connectivity index (χ0v) is 21.4. The number of thioether (sulfide) groups is 1. The molecule has 35 heavy (non-hydrogen) atoms. The lowest BCUT2D eigenvalue weighted by molar-refractivity contribution is -0.113. The molecule has 0 bridgehead atoms. The van der Waals surface area contributed by atoms with E-state index in [4.69, 9.17) is 11.6 Å². The van der Waals surface area contributed by atoms with Crippen LogP contribution in [0.4, 0.5) is 5.00 Å². The second-order valence-electron chi connectivity index (χ2n) is 8.49. The Kier molecular flexibility index (Phi) is 6.91. The van der Waals surface area contributed by atoms with E-state index < -0.39 is 0 Å². The molecular weight excluding hydrogens is 498 g/mol. The maximum Gasteiger partial charge on any atom is 0.235 e. The lowest BCUT2D eigenvalue weighted by Crippen LogP contribution is -2.14. The van der Waals surface area contributed by atoms with Crippen LogP contribution >= 0.6 is 34.7 Å². The number of fused-ring (bicyclic) bond motifs is 1. The van der Waals surface area contributed by atoms with E-state index >= 15 is 0 Å². The predicted octanol–water partition coefficient (Wildman–Crippen LogP) is 6.38. The Bertz CT molecular complexity index is 1410. The van der Waals surface area contributed by atoms with Gasteiger partial charge in [-0.3, -0.25) is 9.36 Å². The number of halogens is 1. The SMILES string of the molecule is C[C@H]1CCc2c(sc(NC(=O)CSc3nnc(-c4ccc(Cl)cc4)n3-c3ccccc3)c2C#N)C1. The maximum absolute atomic E-state index is 12.9. The Labute approximate surface area is 217 Å². The van der Waals surface area contributed by atoms with Crippen molar-refractivity contribution in [1.82, 2.24) is 14.8 Å². The van der Waals surface area contributed by atoms with Crippen molar-refractivity contribution in [3.05, 3.63) is 75.6 Å². The van der Waals surface area contributed by atoms with E-state index in [1.54, 1.807) is 0 Å². The topological polar surface area (TPSA) is 83.6 Å². The molecule has 2 aromatic heterocycles. The molecule has 1 atom stereocenters. The summed E-state index contributed by atoms with van der Waals surface area (Å²) in [5.74, 6) is 1.25. The molecule has 1 amide bonds. The minimum Gasteiger partial charge on any atom is -0.316 e. The number of nitrogens with zero attached hydrogens (tertiary/aromatic N) is 4. The molecule has 1 aliphatic carbocycles. The minimum absolute atomic E-state index is 0.148. The number of nitrogens with one attached hydrogen (secondary N) is 1. The molecule has 0 spiro atoms. The van der Waals surface area contributed by atoms with Gasteiger partial charge in [0, 0.05) is 21.2 Å². The van der Waals surface area contributed by atoms with Crippen molar-refractivity contribution >= 4 is 45.6 Å². The number of aromatic nitrogens is 3. The molecule has 6 nitrogen and oxygen atoms in total. The zero-order chi connectivity index (χ0) is 24.4. The first-order chi connectivity index (χ1) is 17.0. The van der Waals surface area contributed by atoms with Crippen LogP contribution in [0, 0.1) is 17.2 Å². The van der Waals surface area contributed by atoms with Crippen LogP contribution in [0.2, 0.25) is 5.02 Å². The summed E-state index contributed by atoms with van der Waals surface area (Å²) in [6, 6.07) is 19.5. The number of anilines is 1. The summed E-state index contributed by atoms with van der Waals surface area (Å²) in [6.07, 6.45) is 2.94. The highest BCUT2D eigenvalue weighted by atomic mass is 35.5. The summed E-state index contributed by atoms with van der Waals surface area (Å²) >= 11 is 8.91. The molecule has 176 valence electrons. The van der Waals surface area contributed by atoms with Crippen LogP contribution in [0.25, 0.3) is 17.1 Å². The number of rotatable bonds is 6. The summed E-state index contributed by atoms with van der Waals surface area (Å²) in [6.45, 7) is 2.23. The van der Waals surface area contributed by atoms with E-state index in [1.807, 2.05) is 59.2 Å². The Hall–Kier alpha value is -3.12. The molecule has 4 aromatic rings. The third-order valence-electron chi connectivity index (χ3n) is 5.96. The first-order valence-corrected chi connectivity index (χ1v) is 13.5. The first kappa shape index (κ1) is 23.6. The molecule has 0 unspecified atom stereocenters. The van der Waals surface area contributed by atoms with E-state index in [9.17, 15) is 10.1 Å². The fourth-order valence-corrected chi connectivity index (χ4v) is 6.46. The van der Waals surface area contributed by atoms with Crippen LogP contribution in [0.1, 0.15) is 29.3 Å². The van der Waals surface area contributed by atoms with Gasteiger partial charge in [-0.25, -0.2) is 0 Å². The molecular formula is C26H22ClN5OS2. The molecule has 1 aliphatic rings. The lowest BCUT2D eigenvalue weighted by atomic mass is 9.89. The quantitative estimate of drug-likeness (QED) is 0.299. The Balaban J connectivity index is 1.37. The van der Waals surface area contributed by atoms with Gasteiger partial charge in [0.15, 0.2) is 11.0 Å². The van der Waals surface area contributed by atoms with Gasteiger partial charge in [-0.05, 0) is 67.1 Å². The average Bonchev–Trinajstić information content (AvgIpc) is 3.44. The summed E-state index contributed by atoms with van der Waals surface area (Å²) in [4.78, 5) is 14.1. The number of benzene rings is 2. The fraction of sp³-hybridized carbons (Fsp3) is 0.231. The van der Waals surface area contributed by atoms with Gasteiger partial charge < -0.3 is 5.32 Å². The normalized spacial score (nSPS) is 14.8. The maximum atomic E-state index is 12.9. The smallest absolute Gasteiger partial charge is 0.235 e. The van der Waals surface area contributed by atoms with Crippen molar-refractivity contribution in [3.8, 4) is 23.1 Å².